The van der Waals surface area contributed by atoms with Crippen LogP contribution in [0.2, 0.25) is 0 Å². The average Bonchev–Trinajstić information content (AvgIpc) is 2.37. The summed E-state index contributed by atoms with van der Waals surface area (Å²) in [5, 5.41) is 24.3. The Labute approximate surface area is 120 Å². The van der Waals surface area contributed by atoms with Gasteiger partial charge in [-0.3, -0.25) is 10.1 Å². The molecule has 2 amide bonds. The minimum atomic E-state index is -1.47. The molecule has 9 nitrogen and oxygen atoms in total. The van der Waals surface area contributed by atoms with Crippen molar-refractivity contribution in [3.8, 4) is 5.75 Å². The predicted octanol–water partition coefficient (Wildman–Crippen LogP) is 1.59. The fraction of sp³-hybridized carbons (Fsp3) is 0.333. The molecule has 0 atom stereocenters. The monoisotopic (exact) mass is 297 g/mol. The molecule has 0 heterocycles. The number of anilines is 1. The Balaban J connectivity index is 2.89. The van der Waals surface area contributed by atoms with E-state index < -0.39 is 22.5 Å². The largest absolute Gasteiger partial charge is 0.490 e. The first-order chi connectivity index (χ1) is 9.67. The van der Waals surface area contributed by atoms with Gasteiger partial charge in [0.25, 0.3) is 0 Å². The number of hydrogen-bond donors (Lipinski definition) is 3. The van der Waals surface area contributed by atoms with Gasteiger partial charge in [-0.05, 0) is 26.0 Å². The molecule has 0 aliphatic rings. The minimum absolute atomic E-state index is 0.0526. The Kier molecular flexibility index (Phi) is 4.69. The lowest BCUT2D eigenvalue weighted by atomic mass is 10.1. The molecule has 1 rings (SSSR count). The highest BCUT2D eigenvalue weighted by Crippen LogP contribution is 2.29. The molecule has 0 fully saturated rings. The number of methoxy groups -OCH3 is 1. The zero-order chi connectivity index (χ0) is 16.2. The molecule has 3 N–H and O–H groups in total. The fourth-order valence-corrected chi connectivity index (χ4v) is 1.41. The van der Waals surface area contributed by atoms with E-state index in [1.165, 1.54) is 33.1 Å². The lowest BCUT2D eigenvalue weighted by Crippen LogP contribution is -2.51. The summed E-state index contributed by atoms with van der Waals surface area (Å²) < 4.78 is 4.83. The summed E-state index contributed by atoms with van der Waals surface area (Å²) in [6.07, 6.45) is 0. The maximum atomic E-state index is 11.7. The molecule has 0 aliphatic heterocycles. The number of rotatable bonds is 5. The Bertz CT molecular complexity index is 584. The van der Waals surface area contributed by atoms with Crippen LogP contribution < -0.4 is 15.4 Å². The second kappa shape index (κ2) is 6.07. The van der Waals surface area contributed by atoms with Crippen LogP contribution in [0.1, 0.15) is 13.8 Å². The number of nitro groups is 1. The van der Waals surface area contributed by atoms with Crippen LogP contribution in [0.25, 0.3) is 0 Å². The van der Waals surface area contributed by atoms with Crippen LogP contribution in [0.4, 0.5) is 16.2 Å². The molecule has 1 aromatic rings. The van der Waals surface area contributed by atoms with Crippen molar-refractivity contribution >= 4 is 23.4 Å². The van der Waals surface area contributed by atoms with Gasteiger partial charge in [0.1, 0.15) is 5.54 Å². The third-order valence-electron chi connectivity index (χ3n) is 2.59. The molecule has 0 saturated heterocycles. The zero-order valence-electron chi connectivity index (χ0n) is 11.7. The summed E-state index contributed by atoms with van der Waals surface area (Å²) in [5.74, 6) is -1.16. The number of ether oxygens (including phenoxy) is 1. The van der Waals surface area contributed by atoms with E-state index in [0.717, 1.165) is 6.07 Å². The van der Waals surface area contributed by atoms with Crippen molar-refractivity contribution in [2.45, 2.75) is 19.4 Å². The first-order valence-corrected chi connectivity index (χ1v) is 5.82. The molecule has 0 radical (unpaired) electrons. The quantitative estimate of drug-likeness (QED) is 0.558. The molecule has 114 valence electrons. The van der Waals surface area contributed by atoms with Gasteiger partial charge in [0.2, 0.25) is 0 Å². The first-order valence-electron chi connectivity index (χ1n) is 5.82. The Morgan fingerprint density at radius 2 is 2.00 bits per heavy atom. The summed E-state index contributed by atoms with van der Waals surface area (Å²) in [6, 6.07) is 3.06. The van der Waals surface area contributed by atoms with Gasteiger partial charge in [0.05, 0.1) is 12.0 Å². The van der Waals surface area contributed by atoms with E-state index in [9.17, 15) is 19.7 Å². The van der Waals surface area contributed by atoms with Crippen molar-refractivity contribution in [2.24, 2.45) is 0 Å². The van der Waals surface area contributed by atoms with Gasteiger partial charge >= 0.3 is 17.7 Å². The van der Waals surface area contributed by atoms with Crippen LogP contribution >= 0.6 is 0 Å². The topological polar surface area (TPSA) is 131 Å². The highest BCUT2D eigenvalue weighted by molar-refractivity contribution is 5.93. The van der Waals surface area contributed by atoms with Crippen molar-refractivity contribution < 1.29 is 24.4 Å². The van der Waals surface area contributed by atoms with E-state index in [1.807, 2.05) is 0 Å². The van der Waals surface area contributed by atoms with Crippen LogP contribution in [0.15, 0.2) is 18.2 Å². The number of amides is 2. The summed E-state index contributed by atoms with van der Waals surface area (Å²) in [4.78, 5) is 32.8. The Morgan fingerprint density at radius 1 is 1.38 bits per heavy atom. The van der Waals surface area contributed by atoms with Gasteiger partial charge in [0, 0.05) is 11.8 Å². The van der Waals surface area contributed by atoms with Gasteiger partial charge < -0.3 is 20.5 Å². The smallest absolute Gasteiger partial charge is 0.328 e. The van der Waals surface area contributed by atoms with E-state index in [4.69, 9.17) is 9.84 Å². The summed E-state index contributed by atoms with van der Waals surface area (Å²) in [5.41, 5.74) is -1.64. The number of carbonyl (C=O) groups is 2. The number of carboxylic acid groups (broad SMARTS) is 1. The summed E-state index contributed by atoms with van der Waals surface area (Å²) in [7, 11) is 1.29. The predicted molar refractivity (Wildman–Crippen MR) is 73.5 cm³/mol. The summed E-state index contributed by atoms with van der Waals surface area (Å²) in [6.45, 7) is 2.62. The van der Waals surface area contributed by atoms with Crippen molar-refractivity contribution in [3.63, 3.8) is 0 Å². The number of carboxylic acids is 1. The molecule has 9 heteroatoms. The molecule has 0 unspecified atom stereocenters. The van der Waals surface area contributed by atoms with Crippen molar-refractivity contribution in [1.29, 1.82) is 0 Å². The number of carbonyl (C=O) groups excluding carboxylic acids is 1. The van der Waals surface area contributed by atoms with Crippen LogP contribution in [-0.2, 0) is 4.79 Å². The van der Waals surface area contributed by atoms with Gasteiger partial charge in [-0.1, -0.05) is 0 Å². The number of hydrogen-bond acceptors (Lipinski definition) is 5. The van der Waals surface area contributed by atoms with E-state index >= 15 is 0 Å². The molecule has 0 saturated carbocycles. The molecule has 0 spiro atoms. The van der Waals surface area contributed by atoms with Crippen LogP contribution in [0, 0.1) is 10.1 Å². The number of aliphatic carboxylic acids is 1. The SMILES string of the molecule is COc1ccc(NC(=O)NC(C)(C)C(=O)O)cc1[N+](=O)[O-]. The van der Waals surface area contributed by atoms with E-state index in [1.54, 1.807) is 0 Å². The number of urea groups is 1. The standard InChI is InChI=1S/C12H15N3O6/c1-12(2,10(16)17)14-11(18)13-7-4-5-9(21-3)8(6-7)15(19)20/h4-6H,1-3H3,(H,16,17)(H2,13,14,18). The zero-order valence-corrected chi connectivity index (χ0v) is 11.7. The molecule has 0 bridgehead atoms. The Hall–Kier alpha value is -2.84. The maximum absolute atomic E-state index is 11.7. The molecular weight excluding hydrogens is 282 g/mol. The fourth-order valence-electron chi connectivity index (χ4n) is 1.41. The van der Waals surface area contributed by atoms with E-state index in [0.29, 0.717) is 0 Å². The van der Waals surface area contributed by atoms with Gasteiger partial charge in [-0.2, -0.15) is 0 Å². The van der Waals surface area contributed by atoms with Gasteiger partial charge in [-0.15, -0.1) is 0 Å². The number of nitro benzene ring substituents is 1. The molecule has 1 aromatic carbocycles. The second-order valence-corrected chi connectivity index (χ2v) is 4.65. The van der Waals surface area contributed by atoms with Gasteiger partial charge in [0.15, 0.2) is 5.75 Å². The van der Waals surface area contributed by atoms with Crippen LogP contribution in [0.3, 0.4) is 0 Å². The van der Waals surface area contributed by atoms with E-state index in [-0.39, 0.29) is 17.1 Å². The van der Waals surface area contributed by atoms with E-state index in [2.05, 4.69) is 10.6 Å². The highest BCUT2D eigenvalue weighted by Gasteiger charge is 2.29. The first kappa shape index (κ1) is 16.2. The molecule has 0 aliphatic carbocycles. The molecule has 0 aromatic heterocycles. The van der Waals surface area contributed by atoms with Crippen molar-refractivity contribution in [2.75, 3.05) is 12.4 Å². The summed E-state index contributed by atoms with van der Waals surface area (Å²) >= 11 is 0. The highest BCUT2D eigenvalue weighted by atomic mass is 16.6. The minimum Gasteiger partial charge on any atom is -0.490 e. The normalized spacial score (nSPS) is 10.6. The van der Waals surface area contributed by atoms with Crippen LogP contribution in [-0.4, -0.2) is 34.7 Å². The Morgan fingerprint density at radius 3 is 2.48 bits per heavy atom. The number of nitrogens with zero attached hydrogens (tertiary/aromatic N) is 1. The van der Waals surface area contributed by atoms with Gasteiger partial charge in [-0.25, -0.2) is 9.59 Å². The lowest BCUT2D eigenvalue weighted by Gasteiger charge is -2.21. The second-order valence-electron chi connectivity index (χ2n) is 4.65. The third kappa shape index (κ3) is 4.06. The van der Waals surface area contributed by atoms with Crippen LogP contribution in [0.5, 0.6) is 5.75 Å². The average molecular weight is 297 g/mol. The third-order valence-corrected chi connectivity index (χ3v) is 2.59. The number of nitrogens with one attached hydrogen (secondary N) is 2. The molecular formula is C12H15N3O6. The van der Waals surface area contributed by atoms with Crippen molar-refractivity contribution in [3.05, 3.63) is 28.3 Å². The maximum Gasteiger partial charge on any atom is 0.328 e. The van der Waals surface area contributed by atoms with Crippen molar-refractivity contribution in [1.82, 2.24) is 5.32 Å². The molecule has 21 heavy (non-hydrogen) atoms. The lowest BCUT2D eigenvalue weighted by molar-refractivity contribution is -0.385. The number of benzene rings is 1.